The van der Waals surface area contributed by atoms with Crippen molar-refractivity contribution in [3.05, 3.63) is 34.9 Å². The van der Waals surface area contributed by atoms with Crippen molar-refractivity contribution in [3.8, 4) is 10.6 Å². The molecule has 24 heavy (non-hydrogen) atoms. The number of amides is 3. The van der Waals surface area contributed by atoms with Gasteiger partial charge < -0.3 is 20.4 Å². The Bertz CT molecular complexity index is 737. The molecule has 2 aromatic heterocycles. The molecule has 0 spiro atoms. The summed E-state index contributed by atoms with van der Waals surface area (Å²) in [6.07, 6.45) is 2.91. The van der Waals surface area contributed by atoms with E-state index in [9.17, 15) is 9.59 Å². The molecule has 1 aliphatic rings. The first-order valence-corrected chi connectivity index (χ1v) is 8.87. The number of rotatable bonds is 4. The maximum absolute atomic E-state index is 12.9. The standard InChI is InChI=1S/C17H21N3O3S/c1-11-5-6-13(23-11)14-7-8-15(24-14)16(21)20-9-3-2-4-12(20)10-19-17(18)22/h5-8,12H,2-4,9-10H2,1H3,(H3,18,19,22). The molecule has 7 heteroatoms. The predicted molar refractivity (Wildman–Crippen MR) is 93.0 cm³/mol. The highest BCUT2D eigenvalue weighted by Gasteiger charge is 2.28. The zero-order chi connectivity index (χ0) is 17.1. The van der Waals surface area contributed by atoms with Gasteiger partial charge >= 0.3 is 6.03 Å². The minimum atomic E-state index is -0.556. The average molecular weight is 347 g/mol. The second-order valence-electron chi connectivity index (χ2n) is 5.97. The molecule has 3 N–H and O–H groups in total. The summed E-state index contributed by atoms with van der Waals surface area (Å²) in [6.45, 7) is 3.00. The van der Waals surface area contributed by atoms with E-state index in [0.717, 1.165) is 35.7 Å². The van der Waals surface area contributed by atoms with Gasteiger partial charge in [0.25, 0.3) is 5.91 Å². The summed E-state index contributed by atoms with van der Waals surface area (Å²) in [5.74, 6) is 1.63. The van der Waals surface area contributed by atoms with Crippen LogP contribution in [0.4, 0.5) is 4.79 Å². The first-order valence-electron chi connectivity index (χ1n) is 8.05. The van der Waals surface area contributed by atoms with Crippen LogP contribution in [-0.4, -0.2) is 36.0 Å². The SMILES string of the molecule is Cc1ccc(-c2ccc(C(=O)N3CCCCC3CNC(N)=O)s2)o1. The summed E-state index contributed by atoms with van der Waals surface area (Å²) >= 11 is 1.43. The minimum Gasteiger partial charge on any atom is -0.461 e. The molecule has 1 aliphatic heterocycles. The Morgan fingerprint density at radius 1 is 1.33 bits per heavy atom. The highest BCUT2D eigenvalue weighted by atomic mass is 32.1. The number of hydrogen-bond acceptors (Lipinski definition) is 4. The minimum absolute atomic E-state index is 0.00448. The summed E-state index contributed by atoms with van der Waals surface area (Å²) in [6, 6.07) is 7.02. The fraction of sp³-hybridized carbons (Fsp3) is 0.412. The molecule has 1 saturated heterocycles. The number of thiophene rings is 1. The third kappa shape index (κ3) is 3.62. The fourth-order valence-electron chi connectivity index (χ4n) is 2.99. The van der Waals surface area contributed by atoms with E-state index in [1.54, 1.807) is 0 Å². The maximum atomic E-state index is 12.9. The number of aryl methyl sites for hydroxylation is 1. The molecule has 3 amide bonds. The van der Waals surface area contributed by atoms with Gasteiger partial charge in [0.1, 0.15) is 11.5 Å². The summed E-state index contributed by atoms with van der Waals surface area (Å²) in [5.41, 5.74) is 5.15. The predicted octanol–water partition coefficient (Wildman–Crippen LogP) is 2.98. The van der Waals surface area contributed by atoms with E-state index < -0.39 is 6.03 Å². The molecular weight excluding hydrogens is 326 g/mol. The van der Waals surface area contributed by atoms with Gasteiger partial charge in [-0.3, -0.25) is 4.79 Å². The lowest BCUT2D eigenvalue weighted by atomic mass is 10.0. The Balaban J connectivity index is 1.74. The first-order chi connectivity index (χ1) is 11.5. The monoisotopic (exact) mass is 347 g/mol. The lowest BCUT2D eigenvalue weighted by Gasteiger charge is -2.35. The molecule has 1 atom stereocenters. The van der Waals surface area contributed by atoms with Gasteiger partial charge in [-0.2, -0.15) is 0 Å². The number of carbonyl (C=O) groups is 2. The highest BCUT2D eigenvalue weighted by molar-refractivity contribution is 7.17. The molecule has 3 heterocycles. The molecule has 3 rings (SSSR count). The Hall–Kier alpha value is -2.28. The number of nitrogens with two attached hydrogens (primary N) is 1. The molecule has 0 aliphatic carbocycles. The van der Waals surface area contributed by atoms with E-state index in [1.807, 2.05) is 36.1 Å². The number of urea groups is 1. The van der Waals surface area contributed by atoms with Gasteiger partial charge in [-0.15, -0.1) is 11.3 Å². The summed E-state index contributed by atoms with van der Waals surface area (Å²) < 4.78 is 5.62. The van der Waals surface area contributed by atoms with Crippen LogP contribution in [0.1, 0.15) is 34.7 Å². The number of likely N-dealkylation sites (tertiary alicyclic amines) is 1. The smallest absolute Gasteiger partial charge is 0.312 e. The van der Waals surface area contributed by atoms with Crippen molar-refractivity contribution >= 4 is 23.3 Å². The Morgan fingerprint density at radius 2 is 2.17 bits per heavy atom. The average Bonchev–Trinajstić information content (AvgIpc) is 3.21. The fourth-order valence-corrected chi connectivity index (χ4v) is 3.92. The summed E-state index contributed by atoms with van der Waals surface area (Å²) in [5, 5.41) is 2.62. The summed E-state index contributed by atoms with van der Waals surface area (Å²) in [7, 11) is 0. The van der Waals surface area contributed by atoms with Gasteiger partial charge in [-0.25, -0.2) is 4.79 Å². The molecule has 1 unspecified atom stereocenters. The Morgan fingerprint density at radius 3 is 2.88 bits per heavy atom. The van der Waals surface area contributed by atoms with Crippen molar-refractivity contribution in [3.63, 3.8) is 0 Å². The van der Waals surface area contributed by atoms with E-state index in [2.05, 4.69) is 5.32 Å². The Labute approximate surface area is 144 Å². The van der Waals surface area contributed by atoms with Crippen LogP contribution in [0.5, 0.6) is 0 Å². The number of piperidine rings is 1. The van der Waals surface area contributed by atoms with Crippen molar-refractivity contribution in [2.45, 2.75) is 32.2 Å². The molecule has 6 nitrogen and oxygen atoms in total. The van der Waals surface area contributed by atoms with Crippen LogP contribution in [0.3, 0.4) is 0 Å². The van der Waals surface area contributed by atoms with E-state index in [1.165, 1.54) is 11.3 Å². The number of hydrogen-bond donors (Lipinski definition) is 2. The van der Waals surface area contributed by atoms with Gasteiger partial charge in [-0.1, -0.05) is 0 Å². The van der Waals surface area contributed by atoms with Gasteiger partial charge in [0, 0.05) is 19.1 Å². The third-order valence-electron chi connectivity index (χ3n) is 4.20. The number of nitrogens with one attached hydrogen (secondary N) is 1. The van der Waals surface area contributed by atoms with Crippen LogP contribution >= 0.6 is 11.3 Å². The van der Waals surface area contributed by atoms with Crippen molar-refractivity contribution in [1.29, 1.82) is 0 Å². The maximum Gasteiger partial charge on any atom is 0.312 e. The third-order valence-corrected chi connectivity index (χ3v) is 5.29. The number of nitrogens with zero attached hydrogens (tertiary/aromatic N) is 1. The Kier molecular flexibility index (Phi) is 4.89. The molecule has 128 valence electrons. The normalized spacial score (nSPS) is 17.7. The lowest BCUT2D eigenvalue weighted by Crippen LogP contribution is -2.50. The molecule has 0 saturated carbocycles. The molecular formula is C17H21N3O3S. The first kappa shape index (κ1) is 16.6. The van der Waals surface area contributed by atoms with E-state index in [4.69, 9.17) is 10.2 Å². The number of carbonyl (C=O) groups excluding carboxylic acids is 2. The van der Waals surface area contributed by atoms with Crippen LogP contribution in [0.15, 0.2) is 28.7 Å². The quantitative estimate of drug-likeness (QED) is 0.891. The molecule has 0 bridgehead atoms. The zero-order valence-corrected chi connectivity index (χ0v) is 14.4. The molecule has 1 fully saturated rings. The van der Waals surface area contributed by atoms with E-state index >= 15 is 0 Å². The number of primary amides is 1. The second kappa shape index (κ2) is 7.09. The van der Waals surface area contributed by atoms with Crippen molar-refractivity contribution in [1.82, 2.24) is 10.2 Å². The topological polar surface area (TPSA) is 88.6 Å². The highest BCUT2D eigenvalue weighted by Crippen LogP contribution is 2.31. The van der Waals surface area contributed by atoms with Crippen LogP contribution in [0.2, 0.25) is 0 Å². The summed E-state index contributed by atoms with van der Waals surface area (Å²) in [4.78, 5) is 27.3. The van der Waals surface area contributed by atoms with Crippen LogP contribution in [-0.2, 0) is 0 Å². The molecule has 2 aromatic rings. The van der Waals surface area contributed by atoms with Gasteiger partial charge in [-0.05, 0) is 50.5 Å². The van der Waals surface area contributed by atoms with Crippen LogP contribution in [0.25, 0.3) is 10.6 Å². The van der Waals surface area contributed by atoms with Crippen molar-refractivity contribution in [2.75, 3.05) is 13.1 Å². The number of furan rings is 1. The largest absolute Gasteiger partial charge is 0.461 e. The van der Waals surface area contributed by atoms with Crippen molar-refractivity contribution in [2.24, 2.45) is 5.73 Å². The van der Waals surface area contributed by atoms with Crippen LogP contribution < -0.4 is 11.1 Å². The molecule has 0 radical (unpaired) electrons. The lowest BCUT2D eigenvalue weighted by molar-refractivity contribution is 0.0620. The van der Waals surface area contributed by atoms with E-state index in [0.29, 0.717) is 18.0 Å². The second-order valence-corrected chi connectivity index (χ2v) is 7.05. The molecule has 0 aromatic carbocycles. The zero-order valence-electron chi connectivity index (χ0n) is 13.6. The van der Waals surface area contributed by atoms with Gasteiger partial charge in [0.05, 0.1) is 9.75 Å². The van der Waals surface area contributed by atoms with Crippen LogP contribution in [0, 0.1) is 6.92 Å². The van der Waals surface area contributed by atoms with Gasteiger partial charge in [0.2, 0.25) is 0 Å². The van der Waals surface area contributed by atoms with Gasteiger partial charge in [0.15, 0.2) is 0 Å². The van der Waals surface area contributed by atoms with E-state index in [-0.39, 0.29) is 11.9 Å². The van der Waals surface area contributed by atoms with Crippen molar-refractivity contribution < 1.29 is 14.0 Å².